The molecule has 19 nitrogen and oxygen atoms in total. The number of fused-ring (bicyclic) bond motifs is 2. The van der Waals surface area contributed by atoms with Crippen molar-refractivity contribution >= 4 is 45.6 Å². The molecule has 4 aromatic carbocycles. The Hall–Kier alpha value is -8.64. The second kappa shape index (κ2) is 25.5. The van der Waals surface area contributed by atoms with Gasteiger partial charge in [-0.2, -0.15) is 0 Å². The molecule has 6 heterocycles. The first-order chi connectivity index (χ1) is 37.7. The summed E-state index contributed by atoms with van der Waals surface area (Å²) >= 11 is 0. The second-order valence-corrected chi connectivity index (χ2v) is 17.9. The van der Waals surface area contributed by atoms with Crippen molar-refractivity contribution in [2.75, 3.05) is 98.9 Å². The molecule has 0 spiro atoms. The molecular formula is C55H56F4N12O7. The Labute approximate surface area is 446 Å². The fourth-order valence-electron chi connectivity index (χ4n) is 8.81. The number of benzene rings is 4. The molecule has 406 valence electrons. The van der Waals surface area contributed by atoms with Crippen molar-refractivity contribution in [1.82, 2.24) is 49.9 Å². The number of carboxylic acids is 1. The van der Waals surface area contributed by atoms with Crippen molar-refractivity contribution in [3.8, 4) is 45.3 Å². The average molecular weight is 1070 g/mol. The number of pyridine rings is 2. The van der Waals surface area contributed by atoms with Gasteiger partial charge < -0.3 is 45.3 Å². The van der Waals surface area contributed by atoms with E-state index in [0.717, 1.165) is 83.1 Å². The van der Waals surface area contributed by atoms with E-state index in [9.17, 15) is 23.5 Å². The number of ether oxygens (including phenoxy) is 4. The topological polar surface area (TPSA) is 228 Å². The highest BCUT2D eigenvalue weighted by Crippen LogP contribution is 2.42. The predicted octanol–water partition coefficient (Wildman–Crippen LogP) is 7.35. The quantitative estimate of drug-likeness (QED) is 0.0828. The predicted molar refractivity (Wildman–Crippen MR) is 285 cm³/mol. The normalized spacial score (nSPS) is 13.9. The molecular weight excluding hydrogens is 1020 g/mol. The van der Waals surface area contributed by atoms with Crippen LogP contribution in [0, 0.1) is 23.3 Å². The maximum Gasteiger partial charge on any atom is 0.337 e. The van der Waals surface area contributed by atoms with Crippen LogP contribution in [0.15, 0.2) is 97.8 Å². The van der Waals surface area contributed by atoms with Crippen molar-refractivity contribution in [1.29, 1.82) is 0 Å². The number of hydrogen-bond acceptors (Lipinski definition) is 17. The minimum atomic E-state index is -1.22. The SMILES string of the molecule is CN1CCN(Cc2ccc(N)nc2)CC1.COc1cc(OC)c(F)c(-c2ccc(C(=O)Nc3ccc(CN4CCNCC4)cn3)c3nccnc23)c1F.COc1cc(OC)c(F)c(-c2ccc(C(=O)O)c3nccnc23)c1F. The van der Waals surface area contributed by atoms with Crippen LogP contribution in [-0.4, -0.2) is 149 Å². The van der Waals surface area contributed by atoms with Crippen LogP contribution in [0.4, 0.5) is 29.2 Å². The third-order valence-electron chi connectivity index (χ3n) is 12.9. The first-order valence-electron chi connectivity index (χ1n) is 24.4. The zero-order chi connectivity index (χ0) is 55.5. The number of nitrogens with zero attached hydrogens (tertiary/aromatic N) is 9. The van der Waals surface area contributed by atoms with Crippen LogP contribution < -0.4 is 35.3 Å². The van der Waals surface area contributed by atoms with Gasteiger partial charge in [0.15, 0.2) is 46.3 Å². The lowest BCUT2D eigenvalue weighted by Crippen LogP contribution is -2.43. The first kappa shape index (κ1) is 55.6. The summed E-state index contributed by atoms with van der Waals surface area (Å²) in [6, 6.07) is 15.2. The summed E-state index contributed by atoms with van der Waals surface area (Å²) in [5.41, 5.74) is 7.62. The number of carbonyl (C=O) groups is 2. The lowest BCUT2D eigenvalue weighted by atomic mass is 9.98. The lowest BCUT2D eigenvalue weighted by Gasteiger charge is -2.32. The van der Waals surface area contributed by atoms with E-state index in [1.807, 2.05) is 18.3 Å². The second-order valence-electron chi connectivity index (χ2n) is 17.9. The largest absolute Gasteiger partial charge is 0.494 e. The summed E-state index contributed by atoms with van der Waals surface area (Å²) in [7, 11) is 7.20. The van der Waals surface area contributed by atoms with Gasteiger partial charge in [-0.3, -0.25) is 34.5 Å². The fraction of sp³-hybridized carbons (Fsp3) is 0.273. The molecule has 1 amide bonds. The number of aromatic nitrogens is 6. The van der Waals surface area contributed by atoms with Crippen LogP contribution in [0.25, 0.3) is 44.3 Å². The van der Waals surface area contributed by atoms with Gasteiger partial charge in [0.25, 0.3) is 5.91 Å². The maximum atomic E-state index is 15.2. The van der Waals surface area contributed by atoms with E-state index in [1.54, 1.807) is 12.3 Å². The number of nitrogens with two attached hydrogens (primary N) is 1. The number of carbonyl (C=O) groups excluding carboxylic acids is 1. The van der Waals surface area contributed by atoms with Crippen LogP contribution in [0.2, 0.25) is 0 Å². The van der Waals surface area contributed by atoms with Crippen molar-refractivity contribution in [3.05, 3.63) is 143 Å². The van der Waals surface area contributed by atoms with E-state index in [-0.39, 0.29) is 72.9 Å². The van der Waals surface area contributed by atoms with E-state index >= 15 is 8.78 Å². The summed E-state index contributed by atoms with van der Waals surface area (Å²) in [6.07, 6.45) is 9.01. The van der Waals surface area contributed by atoms with Crippen LogP contribution in [-0.2, 0) is 13.1 Å². The molecule has 0 radical (unpaired) electrons. The van der Waals surface area contributed by atoms with Gasteiger partial charge in [0.05, 0.1) is 61.7 Å². The van der Waals surface area contributed by atoms with Gasteiger partial charge >= 0.3 is 5.97 Å². The van der Waals surface area contributed by atoms with E-state index in [1.165, 1.54) is 83.1 Å². The highest BCUT2D eigenvalue weighted by molar-refractivity contribution is 6.13. The summed E-state index contributed by atoms with van der Waals surface area (Å²) in [4.78, 5) is 56.8. The maximum absolute atomic E-state index is 15.2. The van der Waals surface area contributed by atoms with E-state index in [4.69, 9.17) is 24.7 Å². The zero-order valence-corrected chi connectivity index (χ0v) is 43.3. The number of hydrogen-bond donors (Lipinski definition) is 4. The zero-order valence-electron chi connectivity index (χ0n) is 43.3. The van der Waals surface area contributed by atoms with Gasteiger partial charge in [0.1, 0.15) is 22.7 Å². The van der Waals surface area contributed by atoms with E-state index in [2.05, 4.69) is 68.4 Å². The number of anilines is 2. The highest BCUT2D eigenvalue weighted by atomic mass is 19.1. The molecule has 78 heavy (non-hydrogen) atoms. The number of likely N-dealkylation sites (N-methyl/N-ethyl adjacent to an activating group) is 1. The molecule has 10 rings (SSSR count). The molecule has 0 unspecified atom stereocenters. The summed E-state index contributed by atoms with van der Waals surface area (Å²) < 4.78 is 79.9. The molecule has 2 fully saturated rings. The molecule has 23 heteroatoms. The van der Waals surface area contributed by atoms with Crippen LogP contribution in [0.3, 0.4) is 0 Å². The average Bonchev–Trinajstić information content (AvgIpc) is 3.48. The molecule has 8 aromatic rings. The molecule has 5 N–H and O–H groups in total. The van der Waals surface area contributed by atoms with Gasteiger partial charge in [-0.1, -0.05) is 24.3 Å². The van der Waals surface area contributed by atoms with Gasteiger partial charge in [-0.15, -0.1) is 0 Å². The Bertz CT molecular complexity index is 3370. The van der Waals surface area contributed by atoms with Crippen molar-refractivity contribution < 1.29 is 51.2 Å². The number of methoxy groups -OCH3 is 4. The molecule has 4 aromatic heterocycles. The van der Waals surface area contributed by atoms with E-state index in [0.29, 0.717) is 11.6 Å². The number of carboxylic acid groups (broad SMARTS) is 1. The molecule has 0 bridgehead atoms. The smallest absolute Gasteiger partial charge is 0.337 e. The Kier molecular flexibility index (Phi) is 18.1. The standard InChI is InChI=1S/C27H26F2N6O3.C17H12F2N2O4.C11H18N4/c1-37-19-13-20(38-2)24(29)22(23(19)28)17-4-5-18(26-25(17)31-7-8-32-26)27(36)34-21-6-3-16(14-33-21)15-35-11-9-30-10-12-35;1-24-10-7-11(25-2)14(19)12(13(10)18)8-3-4-9(17(22)23)16-15(8)20-5-6-21-16;1-14-4-6-15(7-5-14)9-10-2-3-11(12)13-8-10/h3-8,13-14,30H,9-12,15H2,1-2H3,(H,33,34,36);3-7H,1-2H3,(H,22,23);2-3,8H,4-7,9H2,1H3,(H2,12,13). The third kappa shape index (κ3) is 12.6. The van der Waals surface area contributed by atoms with Crippen molar-refractivity contribution in [2.45, 2.75) is 13.1 Å². The molecule has 2 aliphatic rings. The van der Waals surface area contributed by atoms with Gasteiger partial charge in [-0.25, -0.2) is 32.3 Å². The monoisotopic (exact) mass is 1070 g/mol. The number of aromatic carboxylic acids is 1. The molecule has 0 atom stereocenters. The molecule has 0 saturated carbocycles. The lowest BCUT2D eigenvalue weighted by molar-refractivity contribution is 0.0698. The van der Waals surface area contributed by atoms with Gasteiger partial charge in [0.2, 0.25) is 0 Å². The minimum absolute atomic E-state index is 0.0214. The van der Waals surface area contributed by atoms with Crippen LogP contribution >= 0.6 is 0 Å². The number of piperazine rings is 2. The summed E-state index contributed by atoms with van der Waals surface area (Å²) in [5.74, 6) is -5.28. The number of halogens is 4. The molecule has 2 aliphatic heterocycles. The Morgan fingerprint density at radius 1 is 0.577 bits per heavy atom. The number of rotatable bonds is 13. The summed E-state index contributed by atoms with van der Waals surface area (Å²) in [5, 5.41) is 15.4. The van der Waals surface area contributed by atoms with Crippen LogP contribution in [0.1, 0.15) is 31.8 Å². The minimum Gasteiger partial charge on any atom is -0.494 e. The number of nitrogens with one attached hydrogen (secondary N) is 2. The Balaban J connectivity index is 0.000000171. The number of amides is 1. The number of nitrogen functional groups attached to an aromatic ring is 1. The van der Waals surface area contributed by atoms with Crippen molar-refractivity contribution in [3.63, 3.8) is 0 Å². The Morgan fingerprint density at radius 2 is 1.01 bits per heavy atom. The Morgan fingerprint density at radius 3 is 1.45 bits per heavy atom. The fourth-order valence-corrected chi connectivity index (χ4v) is 8.81. The van der Waals surface area contributed by atoms with Gasteiger partial charge in [-0.05, 0) is 42.4 Å². The molecule has 2 saturated heterocycles. The van der Waals surface area contributed by atoms with E-state index < -0.39 is 40.7 Å². The third-order valence-corrected chi connectivity index (χ3v) is 12.9. The summed E-state index contributed by atoms with van der Waals surface area (Å²) in [6.45, 7) is 10.2. The first-order valence-corrected chi connectivity index (χ1v) is 24.4. The highest BCUT2D eigenvalue weighted by Gasteiger charge is 2.27. The van der Waals surface area contributed by atoms with Gasteiger partial charge in [0, 0.05) is 126 Å². The van der Waals surface area contributed by atoms with Crippen molar-refractivity contribution in [2.24, 2.45) is 0 Å². The van der Waals surface area contributed by atoms with Crippen LogP contribution in [0.5, 0.6) is 23.0 Å². The molecule has 0 aliphatic carbocycles.